The molecule has 1 spiro atoms. The van der Waals surface area contributed by atoms with E-state index in [-0.39, 0.29) is 11.7 Å². The fourth-order valence-corrected chi connectivity index (χ4v) is 6.49. The van der Waals surface area contributed by atoms with Crippen molar-refractivity contribution >= 4 is 28.0 Å². The van der Waals surface area contributed by atoms with Crippen LogP contribution in [0.2, 0.25) is 0 Å². The van der Waals surface area contributed by atoms with E-state index in [2.05, 4.69) is 16.8 Å². The number of amides is 1. The number of methoxy groups -OCH3 is 1. The number of anilines is 1. The van der Waals surface area contributed by atoms with Crippen LogP contribution in [-0.2, 0) is 11.2 Å². The minimum atomic E-state index is -1.00. The van der Waals surface area contributed by atoms with E-state index in [4.69, 9.17) is 9.15 Å². The second-order valence-electron chi connectivity index (χ2n) is 8.94. The summed E-state index contributed by atoms with van der Waals surface area (Å²) in [5, 5.41) is 0.708. The van der Waals surface area contributed by atoms with Crippen LogP contribution in [0.1, 0.15) is 41.3 Å². The molecule has 2 aliphatic rings. The third kappa shape index (κ3) is 3.56. The minimum absolute atomic E-state index is 0.0386. The maximum Gasteiger partial charge on any atom is 0.241 e. The third-order valence-corrected chi connectivity index (χ3v) is 8.57. The number of thiophene rings is 1. The standard InChI is InChI=1S/C26H29N3O4S/c1-4-28-14-10-26(11-15-28)22(30)20-17(2)21(23-27-12-16-33-23)34-24(20)29(25(26)31)13-9-18-7-5-6-8-19(18)32-3/h5-8,12,16H,4,9-11,13-15H2,1-3H3. The molecular weight excluding hydrogens is 450 g/mol. The number of hydrogen-bond acceptors (Lipinski definition) is 7. The highest BCUT2D eigenvalue weighted by atomic mass is 32.1. The molecule has 0 aliphatic carbocycles. The first-order valence-electron chi connectivity index (χ1n) is 11.7. The van der Waals surface area contributed by atoms with Crippen LogP contribution in [0.25, 0.3) is 10.8 Å². The molecular formula is C26H29N3O4S. The highest BCUT2D eigenvalue weighted by molar-refractivity contribution is 7.20. The summed E-state index contributed by atoms with van der Waals surface area (Å²) in [6.07, 6.45) is 4.86. The number of Topliss-reactive ketones (excluding diaryl/α,β-unsaturated/α-hetero) is 1. The molecule has 34 heavy (non-hydrogen) atoms. The Hall–Kier alpha value is -2.97. The van der Waals surface area contributed by atoms with Gasteiger partial charge in [0.1, 0.15) is 22.4 Å². The maximum atomic E-state index is 14.1. The van der Waals surface area contributed by atoms with E-state index in [0.717, 1.165) is 41.4 Å². The summed E-state index contributed by atoms with van der Waals surface area (Å²) in [6.45, 7) is 6.96. The molecule has 5 rings (SSSR count). The lowest BCUT2D eigenvalue weighted by molar-refractivity contribution is -0.128. The highest BCUT2D eigenvalue weighted by Crippen LogP contribution is 2.51. The number of nitrogens with zero attached hydrogens (tertiary/aromatic N) is 3. The van der Waals surface area contributed by atoms with Gasteiger partial charge in [0, 0.05) is 6.54 Å². The summed E-state index contributed by atoms with van der Waals surface area (Å²) in [4.78, 5) is 37.3. The Morgan fingerprint density at radius 3 is 2.65 bits per heavy atom. The molecule has 0 radical (unpaired) electrons. The van der Waals surface area contributed by atoms with Crippen molar-refractivity contribution in [2.24, 2.45) is 5.41 Å². The molecule has 0 saturated carbocycles. The first-order chi connectivity index (χ1) is 16.5. The van der Waals surface area contributed by atoms with Crippen molar-refractivity contribution in [3.63, 3.8) is 0 Å². The van der Waals surface area contributed by atoms with E-state index >= 15 is 0 Å². The van der Waals surface area contributed by atoms with Crippen LogP contribution in [0, 0.1) is 12.3 Å². The van der Waals surface area contributed by atoms with E-state index in [9.17, 15) is 9.59 Å². The number of carbonyl (C=O) groups excluding carboxylic acids is 2. The van der Waals surface area contributed by atoms with Crippen molar-refractivity contribution in [3.05, 3.63) is 53.4 Å². The van der Waals surface area contributed by atoms with Crippen LogP contribution in [-0.4, -0.2) is 54.9 Å². The van der Waals surface area contributed by atoms with E-state index < -0.39 is 5.41 Å². The molecule has 0 bridgehead atoms. The molecule has 2 aliphatic heterocycles. The molecule has 0 unspecified atom stereocenters. The van der Waals surface area contributed by atoms with Crippen molar-refractivity contribution in [2.75, 3.05) is 38.2 Å². The molecule has 7 nitrogen and oxygen atoms in total. The lowest BCUT2D eigenvalue weighted by Crippen LogP contribution is -2.57. The predicted molar refractivity (Wildman–Crippen MR) is 132 cm³/mol. The second-order valence-corrected chi connectivity index (χ2v) is 9.94. The second kappa shape index (κ2) is 9.00. The molecule has 1 fully saturated rings. The number of fused-ring (bicyclic) bond motifs is 1. The quantitative estimate of drug-likeness (QED) is 0.481. The van der Waals surface area contributed by atoms with Gasteiger partial charge < -0.3 is 19.0 Å². The Morgan fingerprint density at radius 2 is 1.97 bits per heavy atom. The van der Waals surface area contributed by atoms with E-state index in [0.29, 0.717) is 42.3 Å². The zero-order valence-corrected chi connectivity index (χ0v) is 20.6. The number of hydrogen-bond donors (Lipinski definition) is 0. The predicted octanol–water partition coefficient (Wildman–Crippen LogP) is 4.59. The van der Waals surface area contributed by atoms with Crippen LogP contribution in [0.3, 0.4) is 0 Å². The molecule has 0 N–H and O–H groups in total. The number of ether oxygens (including phenoxy) is 1. The van der Waals surface area contributed by atoms with Crippen molar-refractivity contribution < 1.29 is 18.7 Å². The first-order valence-corrected chi connectivity index (χ1v) is 12.6. The lowest BCUT2D eigenvalue weighted by Gasteiger charge is -2.44. The largest absolute Gasteiger partial charge is 0.496 e. The number of carbonyl (C=O) groups is 2. The van der Waals surface area contributed by atoms with Crippen molar-refractivity contribution in [1.29, 1.82) is 0 Å². The van der Waals surface area contributed by atoms with E-state index in [1.165, 1.54) is 17.6 Å². The lowest BCUT2D eigenvalue weighted by atomic mass is 9.69. The van der Waals surface area contributed by atoms with Gasteiger partial charge in [0.25, 0.3) is 0 Å². The minimum Gasteiger partial charge on any atom is -0.496 e. The number of piperidine rings is 1. The number of aromatic nitrogens is 1. The van der Waals surface area contributed by atoms with Gasteiger partial charge in [0.15, 0.2) is 5.78 Å². The number of oxazole rings is 1. The van der Waals surface area contributed by atoms with E-state index in [1.54, 1.807) is 13.3 Å². The number of rotatable bonds is 6. The summed E-state index contributed by atoms with van der Waals surface area (Å²) < 4.78 is 11.1. The van der Waals surface area contributed by atoms with Gasteiger partial charge in [-0.25, -0.2) is 4.98 Å². The van der Waals surface area contributed by atoms with Gasteiger partial charge in [-0.2, -0.15) is 0 Å². The van der Waals surface area contributed by atoms with Gasteiger partial charge in [0.05, 0.1) is 23.7 Å². The summed E-state index contributed by atoms with van der Waals surface area (Å²) >= 11 is 1.42. The van der Waals surface area contributed by atoms with E-state index in [1.807, 2.05) is 36.1 Å². The first kappa shape index (κ1) is 22.8. The van der Waals surface area contributed by atoms with Crippen LogP contribution in [0.4, 0.5) is 5.00 Å². The molecule has 4 heterocycles. The molecule has 0 atom stereocenters. The van der Waals surface area contributed by atoms with Crippen molar-refractivity contribution in [3.8, 4) is 16.5 Å². The topological polar surface area (TPSA) is 75.9 Å². The fraction of sp³-hybridized carbons (Fsp3) is 0.423. The monoisotopic (exact) mass is 479 g/mol. The molecule has 1 amide bonds. The molecule has 1 aromatic carbocycles. The number of benzene rings is 1. The summed E-state index contributed by atoms with van der Waals surface area (Å²) in [7, 11) is 1.66. The van der Waals surface area contributed by atoms with Crippen LogP contribution in [0.5, 0.6) is 5.75 Å². The summed E-state index contributed by atoms with van der Waals surface area (Å²) in [6, 6.07) is 7.86. The number of likely N-dealkylation sites (tertiary alicyclic amines) is 1. The normalized spacial score (nSPS) is 17.9. The molecule has 2 aromatic heterocycles. The highest BCUT2D eigenvalue weighted by Gasteiger charge is 2.55. The molecule has 178 valence electrons. The smallest absolute Gasteiger partial charge is 0.241 e. The number of para-hydroxylation sites is 1. The van der Waals surface area contributed by atoms with Crippen molar-refractivity contribution in [1.82, 2.24) is 9.88 Å². The van der Waals surface area contributed by atoms with Crippen molar-refractivity contribution in [2.45, 2.75) is 33.1 Å². The average molecular weight is 480 g/mol. The van der Waals surface area contributed by atoms with Crippen LogP contribution >= 0.6 is 11.3 Å². The Kier molecular flexibility index (Phi) is 6.04. The van der Waals surface area contributed by atoms with Gasteiger partial charge in [-0.15, -0.1) is 11.3 Å². The van der Waals surface area contributed by atoms with Gasteiger partial charge >= 0.3 is 0 Å². The summed E-state index contributed by atoms with van der Waals surface area (Å²) in [5.74, 6) is 1.17. The molecule has 1 saturated heterocycles. The zero-order valence-electron chi connectivity index (χ0n) is 19.8. The van der Waals surface area contributed by atoms with Crippen LogP contribution < -0.4 is 9.64 Å². The third-order valence-electron chi connectivity index (χ3n) is 7.27. The van der Waals surface area contributed by atoms with Gasteiger partial charge in [-0.05, 0) is 63.0 Å². The Morgan fingerprint density at radius 1 is 1.21 bits per heavy atom. The molecule has 8 heteroatoms. The number of ketones is 1. The Labute approximate surface area is 203 Å². The summed E-state index contributed by atoms with van der Waals surface area (Å²) in [5.41, 5.74) is 1.54. The average Bonchev–Trinajstić information content (AvgIpc) is 3.51. The molecule has 3 aromatic rings. The fourth-order valence-electron chi connectivity index (χ4n) is 5.22. The van der Waals surface area contributed by atoms with Gasteiger partial charge in [-0.1, -0.05) is 25.1 Å². The Bertz CT molecular complexity index is 1210. The van der Waals surface area contributed by atoms with Gasteiger partial charge in [-0.3, -0.25) is 9.59 Å². The Balaban J connectivity index is 1.57. The van der Waals surface area contributed by atoms with Crippen LogP contribution in [0.15, 0.2) is 41.1 Å². The zero-order chi connectivity index (χ0) is 23.9. The van der Waals surface area contributed by atoms with Gasteiger partial charge in [0.2, 0.25) is 11.8 Å². The SMILES string of the molecule is CCN1CCC2(CC1)C(=O)c1c(sc(-c3ncco3)c1C)N(CCc1ccccc1OC)C2=O. The maximum absolute atomic E-state index is 14.1.